The van der Waals surface area contributed by atoms with Gasteiger partial charge in [0.05, 0.1) is 17.5 Å². The summed E-state index contributed by atoms with van der Waals surface area (Å²) in [5, 5.41) is 30.4. The van der Waals surface area contributed by atoms with Gasteiger partial charge in [0, 0.05) is 25.1 Å². The molecule has 288 valence electrons. The van der Waals surface area contributed by atoms with E-state index in [9.17, 15) is 44.0 Å². The SMILES string of the molecule is CSCCC(NC(=O)C(Cc1ccc(O)cc1)NC(=O)OC(C)(C)C)C(=O)NCC(=O)NC(=O)C1CCCN1C(=O)C(N)Cc1ccc([N+](=O)[O-])cc1. The van der Waals surface area contributed by atoms with Crippen LogP contribution in [-0.4, -0.2) is 105 Å². The molecule has 0 bridgehead atoms. The number of phenolic OH excluding ortho intramolecular Hbond substituents is 1. The molecule has 1 aliphatic rings. The number of hydrogen-bond donors (Lipinski definition) is 6. The van der Waals surface area contributed by atoms with Crippen molar-refractivity contribution >= 4 is 53.1 Å². The molecule has 7 N–H and O–H groups in total. The zero-order chi connectivity index (χ0) is 39.3. The van der Waals surface area contributed by atoms with Gasteiger partial charge in [-0.15, -0.1) is 0 Å². The second-order valence-corrected chi connectivity index (χ2v) is 14.5. The number of alkyl carbamates (subject to hydrolysis) is 1. The lowest BCUT2D eigenvalue weighted by molar-refractivity contribution is -0.384. The lowest BCUT2D eigenvalue weighted by Crippen LogP contribution is -2.56. The van der Waals surface area contributed by atoms with Crippen molar-refractivity contribution in [1.29, 1.82) is 0 Å². The molecule has 1 aliphatic heterocycles. The van der Waals surface area contributed by atoms with Crippen molar-refractivity contribution in [2.45, 2.75) is 82.6 Å². The van der Waals surface area contributed by atoms with E-state index in [1.165, 1.54) is 53.1 Å². The minimum Gasteiger partial charge on any atom is -0.508 e. The highest BCUT2D eigenvalue weighted by Gasteiger charge is 2.37. The first kappa shape index (κ1) is 42.2. The Bertz CT molecular complexity index is 1630. The van der Waals surface area contributed by atoms with E-state index >= 15 is 0 Å². The van der Waals surface area contributed by atoms with Crippen LogP contribution in [0.5, 0.6) is 5.75 Å². The first-order chi connectivity index (χ1) is 25.0. The van der Waals surface area contributed by atoms with Crippen LogP contribution in [0.2, 0.25) is 0 Å². The van der Waals surface area contributed by atoms with Gasteiger partial charge in [-0.2, -0.15) is 11.8 Å². The summed E-state index contributed by atoms with van der Waals surface area (Å²) in [6.45, 7) is 4.63. The van der Waals surface area contributed by atoms with E-state index in [2.05, 4.69) is 21.3 Å². The van der Waals surface area contributed by atoms with Gasteiger partial charge < -0.3 is 36.4 Å². The van der Waals surface area contributed by atoms with Gasteiger partial charge in [-0.25, -0.2) is 4.79 Å². The molecule has 53 heavy (non-hydrogen) atoms. The Balaban J connectivity index is 1.59. The monoisotopic (exact) mass is 757 g/mol. The highest BCUT2D eigenvalue weighted by molar-refractivity contribution is 7.98. The first-order valence-electron chi connectivity index (χ1n) is 16.9. The summed E-state index contributed by atoms with van der Waals surface area (Å²) >= 11 is 1.42. The molecule has 2 aromatic carbocycles. The molecule has 0 aromatic heterocycles. The molecule has 18 heteroatoms. The Kier molecular flexibility index (Phi) is 15.6. The summed E-state index contributed by atoms with van der Waals surface area (Å²) in [7, 11) is 0. The summed E-state index contributed by atoms with van der Waals surface area (Å²) in [5.41, 5.74) is 6.40. The highest BCUT2D eigenvalue weighted by atomic mass is 32.2. The van der Waals surface area contributed by atoms with Crippen LogP contribution in [0.15, 0.2) is 48.5 Å². The lowest BCUT2D eigenvalue weighted by Gasteiger charge is -2.26. The number of non-ortho nitro benzene ring substituents is 1. The van der Waals surface area contributed by atoms with Crippen molar-refractivity contribution in [3.63, 3.8) is 0 Å². The number of nitrogens with two attached hydrogens (primary N) is 1. The number of hydrogen-bond acceptors (Lipinski definition) is 12. The minimum atomic E-state index is -1.17. The fourth-order valence-corrected chi connectivity index (χ4v) is 5.94. The van der Waals surface area contributed by atoms with Crippen molar-refractivity contribution < 1.29 is 43.5 Å². The van der Waals surface area contributed by atoms with E-state index in [4.69, 9.17) is 10.5 Å². The number of thioether (sulfide) groups is 1. The molecule has 4 atom stereocenters. The van der Waals surface area contributed by atoms with Gasteiger partial charge in [-0.3, -0.25) is 39.4 Å². The van der Waals surface area contributed by atoms with Gasteiger partial charge in [0.1, 0.15) is 29.5 Å². The maximum atomic E-state index is 13.5. The third-order valence-corrected chi connectivity index (χ3v) is 8.72. The largest absolute Gasteiger partial charge is 0.508 e. The maximum Gasteiger partial charge on any atom is 0.408 e. The summed E-state index contributed by atoms with van der Waals surface area (Å²) in [6, 6.07) is 7.37. The number of nitrogens with zero attached hydrogens (tertiary/aromatic N) is 2. The van der Waals surface area contributed by atoms with Crippen LogP contribution < -0.4 is 27.0 Å². The second-order valence-electron chi connectivity index (χ2n) is 13.5. The average molecular weight is 758 g/mol. The van der Waals surface area contributed by atoms with Crippen LogP contribution >= 0.6 is 11.8 Å². The third-order valence-electron chi connectivity index (χ3n) is 8.07. The number of nitro benzene ring substituents is 1. The number of carbonyl (C=O) groups is 6. The number of nitrogens with one attached hydrogen (secondary N) is 4. The number of carbonyl (C=O) groups excluding carboxylic acids is 6. The van der Waals surface area contributed by atoms with Crippen LogP contribution in [0, 0.1) is 10.1 Å². The quantitative estimate of drug-likeness (QED) is 0.105. The number of amides is 6. The number of rotatable bonds is 16. The number of aromatic hydroxyl groups is 1. The molecule has 0 radical (unpaired) electrons. The summed E-state index contributed by atoms with van der Waals surface area (Å²) in [6.07, 6.45) is 2.01. The van der Waals surface area contributed by atoms with Gasteiger partial charge in [0.2, 0.25) is 29.5 Å². The Morgan fingerprint density at radius 2 is 1.60 bits per heavy atom. The van der Waals surface area contributed by atoms with Crippen LogP contribution in [-0.2, 0) is 41.6 Å². The topological polar surface area (TPSA) is 252 Å². The van der Waals surface area contributed by atoms with Gasteiger partial charge in [-0.1, -0.05) is 24.3 Å². The predicted molar refractivity (Wildman–Crippen MR) is 196 cm³/mol. The van der Waals surface area contributed by atoms with Crippen molar-refractivity contribution in [2.24, 2.45) is 5.73 Å². The van der Waals surface area contributed by atoms with Crippen LogP contribution in [0.1, 0.15) is 51.2 Å². The van der Waals surface area contributed by atoms with E-state index in [1.807, 2.05) is 6.26 Å². The molecule has 0 spiro atoms. The summed E-state index contributed by atoms with van der Waals surface area (Å²) in [4.78, 5) is 90.0. The van der Waals surface area contributed by atoms with E-state index in [1.54, 1.807) is 32.9 Å². The van der Waals surface area contributed by atoms with E-state index in [-0.39, 0.29) is 43.7 Å². The van der Waals surface area contributed by atoms with Gasteiger partial charge in [-0.05, 0) is 81.7 Å². The third kappa shape index (κ3) is 13.7. The highest BCUT2D eigenvalue weighted by Crippen LogP contribution is 2.20. The zero-order valence-electron chi connectivity index (χ0n) is 30.1. The summed E-state index contributed by atoms with van der Waals surface area (Å²) in [5.74, 6) is -3.01. The zero-order valence-corrected chi connectivity index (χ0v) is 30.9. The van der Waals surface area contributed by atoms with E-state index in [0.717, 1.165) is 0 Å². The molecule has 4 unspecified atom stereocenters. The van der Waals surface area contributed by atoms with Crippen molar-refractivity contribution in [1.82, 2.24) is 26.2 Å². The van der Waals surface area contributed by atoms with Crippen molar-refractivity contribution in [3.05, 3.63) is 69.8 Å². The second kappa shape index (κ2) is 19.6. The van der Waals surface area contributed by atoms with Crippen LogP contribution in [0.25, 0.3) is 0 Å². The standard InChI is InChI=1S/C35H47N7O10S/c1-35(2,3)52-34(49)39-27(19-22-9-13-24(43)14-10-22)31(46)38-26(15-17-53-4)30(45)37-20-29(44)40-32(47)28-6-5-16-41(28)33(48)25(36)18-21-7-11-23(12-8-21)42(50)51/h7-14,25-28,43H,5-6,15-20,36H2,1-4H3,(H,37,45)(H,38,46)(H,39,49)(H,40,44,47). The number of nitro groups is 1. The van der Waals surface area contributed by atoms with Crippen LogP contribution in [0.4, 0.5) is 10.5 Å². The number of likely N-dealkylation sites (tertiary alicyclic amines) is 1. The van der Waals surface area contributed by atoms with Gasteiger partial charge in [0.25, 0.3) is 5.69 Å². The maximum absolute atomic E-state index is 13.5. The molecule has 6 amide bonds. The number of benzene rings is 2. The molecule has 2 aromatic rings. The Labute approximate surface area is 311 Å². The van der Waals surface area contributed by atoms with Crippen LogP contribution in [0.3, 0.4) is 0 Å². The van der Waals surface area contributed by atoms with Crippen molar-refractivity contribution in [3.8, 4) is 5.75 Å². The first-order valence-corrected chi connectivity index (χ1v) is 18.3. The summed E-state index contributed by atoms with van der Waals surface area (Å²) < 4.78 is 5.32. The Morgan fingerprint density at radius 3 is 2.21 bits per heavy atom. The lowest BCUT2D eigenvalue weighted by atomic mass is 10.0. The number of phenols is 1. The molecule has 1 fully saturated rings. The molecule has 17 nitrogen and oxygen atoms in total. The van der Waals surface area contributed by atoms with Gasteiger partial charge >= 0.3 is 6.09 Å². The number of ether oxygens (including phenoxy) is 1. The molecule has 1 heterocycles. The van der Waals surface area contributed by atoms with Crippen molar-refractivity contribution in [2.75, 3.05) is 25.1 Å². The molecule has 1 saturated heterocycles. The molecule has 0 saturated carbocycles. The Hall–Kier alpha value is -5.23. The number of imide groups is 1. The fraction of sp³-hybridized carbons (Fsp3) is 0.486. The minimum absolute atomic E-state index is 0.00930. The Morgan fingerprint density at radius 1 is 0.981 bits per heavy atom. The molecule has 0 aliphatic carbocycles. The van der Waals surface area contributed by atoms with E-state index in [0.29, 0.717) is 23.3 Å². The average Bonchev–Trinajstić information content (AvgIpc) is 3.59. The molecule has 3 rings (SSSR count). The fourth-order valence-electron chi connectivity index (χ4n) is 5.47. The normalized spacial score (nSPS) is 15.7. The van der Waals surface area contributed by atoms with E-state index < -0.39 is 76.9 Å². The molecular formula is C35H47N7O10S. The van der Waals surface area contributed by atoms with Gasteiger partial charge in [0.15, 0.2) is 0 Å². The predicted octanol–water partition coefficient (Wildman–Crippen LogP) is 1.29. The smallest absolute Gasteiger partial charge is 0.408 e. The molecular weight excluding hydrogens is 710 g/mol.